The Morgan fingerprint density at radius 1 is 0.938 bits per heavy atom. The third-order valence-corrected chi connectivity index (χ3v) is 14.4. The van der Waals surface area contributed by atoms with Crippen LogP contribution in [0.5, 0.6) is 0 Å². The molecule has 3 N–H and O–H groups in total. The summed E-state index contributed by atoms with van der Waals surface area (Å²) in [5, 5.41) is 10.2. The molecule has 0 spiro atoms. The maximum Gasteiger partial charge on any atom is 0.469 e. The van der Waals surface area contributed by atoms with E-state index in [0.717, 1.165) is 74.2 Å². The van der Waals surface area contributed by atoms with E-state index in [-0.39, 0.29) is 13.0 Å². The molecular weight excluding hydrogens is 627 g/mol. The number of fused-ring (bicyclic) bond motifs is 5. The van der Waals surface area contributed by atoms with Crippen LogP contribution in [0.2, 0.25) is 0 Å². The van der Waals surface area contributed by atoms with E-state index >= 15 is 0 Å². The fraction of sp³-hybridized carbons (Fsp3) is 0.949. The lowest BCUT2D eigenvalue weighted by molar-refractivity contribution is -0.219. The summed E-state index contributed by atoms with van der Waals surface area (Å²) in [6.07, 6.45) is 20.5. The summed E-state index contributed by atoms with van der Waals surface area (Å²) in [5.74, 6) is 4.28. The van der Waals surface area contributed by atoms with Crippen molar-refractivity contribution in [3.8, 4) is 0 Å². The van der Waals surface area contributed by atoms with Gasteiger partial charge < -0.3 is 29.1 Å². The summed E-state index contributed by atoms with van der Waals surface area (Å²) in [4.78, 5) is 17.8. The molecule has 4 fully saturated rings. The molecule has 1 aliphatic heterocycles. The van der Waals surface area contributed by atoms with Gasteiger partial charge in [-0.25, -0.2) is 4.57 Å². The molecule has 0 radical (unpaired) electrons. The Balaban J connectivity index is 0.996. The number of hydrogen-bond acceptors (Lipinski definition) is 6. The van der Waals surface area contributed by atoms with Crippen molar-refractivity contribution in [2.45, 2.75) is 168 Å². The second kappa shape index (κ2) is 16.1. The topological polar surface area (TPSA) is 115 Å². The van der Waals surface area contributed by atoms with Gasteiger partial charge in [-0.1, -0.05) is 78.4 Å². The molecule has 9 heteroatoms. The molecule has 3 saturated carbocycles. The van der Waals surface area contributed by atoms with Crippen LogP contribution in [0.3, 0.4) is 0 Å². The van der Waals surface area contributed by atoms with E-state index in [0.29, 0.717) is 23.5 Å². The van der Waals surface area contributed by atoms with Gasteiger partial charge in [0.05, 0.1) is 25.4 Å². The van der Waals surface area contributed by atoms with Crippen molar-refractivity contribution in [1.29, 1.82) is 0 Å². The fourth-order valence-corrected chi connectivity index (χ4v) is 11.6. The molecule has 0 aromatic rings. The van der Waals surface area contributed by atoms with Crippen molar-refractivity contribution < 1.29 is 38.2 Å². The number of ether oxygens (including phenoxy) is 3. The Morgan fingerprint density at radius 2 is 1.69 bits per heavy atom. The Morgan fingerprint density at radius 3 is 2.42 bits per heavy atom. The Bertz CT molecular complexity index is 1120. The van der Waals surface area contributed by atoms with Crippen LogP contribution in [0.4, 0.5) is 0 Å². The minimum Gasteiger partial charge on any atom is -0.390 e. The normalized spacial score (nSPS) is 40.4. The van der Waals surface area contributed by atoms with E-state index in [9.17, 15) is 9.67 Å². The van der Waals surface area contributed by atoms with Crippen molar-refractivity contribution in [3.05, 3.63) is 11.6 Å². The van der Waals surface area contributed by atoms with E-state index in [4.69, 9.17) is 24.0 Å². The number of rotatable bonds is 17. The van der Waals surface area contributed by atoms with Crippen LogP contribution < -0.4 is 0 Å². The van der Waals surface area contributed by atoms with Gasteiger partial charge in [0.25, 0.3) is 0 Å². The zero-order valence-electron chi connectivity index (χ0n) is 31.0. The summed E-state index contributed by atoms with van der Waals surface area (Å²) in [6, 6.07) is 0. The van der Waals surface area contributed by atoms with Crippen molar-refractivity contribution in [1.82, 2.24) is 0 Å². The third-order valence-electron chi connectivity index (χ3n) is 13.9. The highest BCUT2D eigenvalue weighted by Crippen LogP contribution is 2.67. The second-order valence-corrected chi connectivity index (χ2v) is 18.9. The first-order valence-corrected chi connectivity index (χ1v) is 21.2. The summed E-state index contributed by atoms with van der Waals surface area (Å²) in [5.41, 5.74) is 2.62. The number of hydrogen-bond donors (Lipinski definition) is 3. The van der Waals surface area contributed by atoms with E-state index in [1.165, 1.54) is 64.2 Å². The van der Waals surface area contributed by atoms with Crippen molar-refractivity contribution in [3.63, 3.8) is 0 Å². The Hall–Kier alpha value is -0.310. The van der Waals surface area contributed by atoms with Gasteiger partial charge in [-0.3, -0.25) is 4.52 Å². The van der Waals surface area contributed by atoms with Crippen LogP contribution in [-0.2, 0) is 23.3 Å². The lowest BCUT2D eigenvalue weighted by Gasteiger charge is -2.58. The molecule has 4 aliphatic carbocycles. The van der Waals surface area contributed by atoms with Crippen molar-refractivity contribution >= 4 is 7.82 Å². The number of phosphoric ester groups is 1. The third kappa shape index (κ3) is 9.18. The first-order chi connectivity index (χ1) is 22.6. The molecule has 0 aromatic carbocycles. The van der Waals surface area contributed by atoms with E-state index in [1.54, 1.807) is 12.5 Å². The smallest absolute Gasteiger partial charge is 0.390 e. The standard InChI is InChI=1S/C39H69O8P/c1-27(2)12-11-13-28(3)32-16-17-33-31-15-14-29-24-30(18-20-37(29,4)34(31)19-21-38(32,33)5)44-22-9-7-8-10-23-45-39(6)25-35(40)36(47-39)26-46-48(41,42)43/h14,27-28,30-36,40H,7-13,15-26H2,1-6H3,(H2,41,42,43)/t28-,30-,31?,32?,33?,34?,35-,36+,37-,38+,39-/m0/s1. The molecule has 5 rings (SSSR count). The molecule has 11 atom stereocenters. The SMILES string of the molecule is CC(C)CCC[C@H](C)C1CCC2C3CC=C4C[C@@H](OCCCCCCO[C@]5(C)C[C@H](O)[C@@H](COP(=O)(O)O)O5)CC[C@]4(C)C3CC[C@@]21C. The van der Waals surface area contributed by atoms with Crippen LogP contribution >= 0.6 is 7.82 Å². The highest BCUT2D eigenvalue weighted by atomic mass is 31.2. The molecule has 1 heterocycles. The average Bonchev–Trinajstić information content (AvgIpc) is 3.51. The number of phosphoric acid groups is 1. The minimum absolute atomic E-state index is 0.243. The zero-order valence-corrected chi connectivity index (χ0v) is 31.9. The molecule has 8 nitrogen and oxygen atoms in total. The predicted molar refractivity (Wildman–Crippen MR) is 189 cm³/mol. The van der Waals surface area contributed by atoms with Gasteiger partial charge in [0.1, 0.15) is 6.10 Å². The second-order valence-electron chi connectivity index (χ2n) is 17.6. The molecule has 278 valence electrons. The summed E-state index contributed by atoms with van der Waals surface area (Å²) in [7, 11) is -4.61. The lowest BCUT2D eigenvalue weighted by Crippen LogP contribution is -2.51. The molecular formula is C39H69O8P. The van der Waals surface area contributed by atoms with Gasteiger partial charge in [0, 0.05) is 13.0 Å². The minimum atomic E-state index is -4.61. The van der Waals surface area contributed by atoms with Crippen molar-refractivity contribution in [2.75, 3.05) is 19.8 Å². The molecule has 0 aromatic heterocycles. The van der Waals surface area contributed by atoms with Crippen LogP contribution in [0, 0.1) is 46.3 Å². The van der Waals surface area contributed by atoms with Gasteiger partial charge in [0.2, 0.25) is 0 Å². The largest absolute Gasteiger partial charge is 0.469 e. The zero-order chi connectivity index (χ0) is 34.7. The van der Waals surface area contributed by atoms with Gasteiger partial charge >= 0.3 is 7.82 Å². The molecule has 0 amide bonds. The molecule has 4 unspecified atom stereocenters. The Labute approximate surface area is 291 Å². The quantitative estimate of drug-likeness (QED) is 0.0785. The lowest BCUT2D eigenvalue weighted by atomic mass is 9.47. The molecule has 0 bridgehead atoms. The van der Waals surface area contributed by atoms with Crippen molar-refractivity contribution in [2.24, 2.45) is 46.3 Å². The van der Waals surface area contributed by atoms with Gasteiger partial charge in [-0.15, -0.1) is 0 Å². The molecule has 5 aliphatic rings. The predicted octanol–water partition coefficient (Wildman–Crippen LogP) is 8.97. The summed E-state index contributed by atoms with van der Waals surface area (Å²) in [6.45, 7) is 15.3. The maximum absolute atomic E-state index is 11.0. The van der Waals surface area contributed by atoms with E-state index in [2.05, 4.69) is 45.2 Å². The number of aliphatic hydroxyl groups is 1. The number of aliphatic hydroxyl groups excluding tert-OH is 1. The monoisotopic (exact) mass is 696 g/mol. The number of allylic oxidation sites excluding steroid dienone is 1. The van der Waals surface area contributed by atoms with Crippen LogP contribution in [0.1, 0.15) is 144 Å². The van der Waals surface area contributed by atoms with E-state index in [1.807, 2.05) is 0 Å². The van der Waals surface area contributed by atoms with Gasteiger partial charge in [-0.2, -0.15) is 0 Å². The van der Waals surface area contributed by atoms with E-state index < -0.39 is 25.8 Å². The highest BCUT2D eigenvalue weighted by Gasteiger charge is 2.59. The summed E-state index contributed by atoms with van der Waals surface area (Å²) < 4.78 is 33.6. The fourth-order valence-electron chi connectivity index (χ4n) is 11.3. The van der Waals surface area contributed by atoms with Gasteiger partial charge in [0.15, 0.2) is 5.79 Å². The molecule has 48 heavy (non-hydrogen) atoms. The first kappa shape index (κ1) is 38.9. The Kier molecular flexibility index (Phi) is 13.1. The van der Waals surface area contributed by atoms with Crippen LogP contribution in [-0.4, -0.2) is 58.8 Å². The van der Waals surface area contributed by atoms with Crippen LogP contribution in [0.15, 0.2) is 11.6 Å². The maximum atomic E-state index is 11.0. The first-order valence-electron chi connectivity index (χ1n) is 19.6. The summed E-state index contributed by atoms with van der Waals surface area (Å²) >= 11 is 0. The molecule has 1 saturated heterocycles. The van der Waals surface area contributed by atoms with Crippen LogP contribution in [0.25, 0.3) is 0 Å². The highest BCUT2D eigenvalue weighted by molar-refractivity contribution is 7.46. The average molecular weight is 697 g/mol. The van der Waals surface area contributed by atoms with Gasteiger partial charge in [-0.05, 0) is 117 Å². The number of unbranched alkanes of at least 4 members (excludes halogenated alkanes) is 3.